The molecule has 0 aliphatic rings. The molecule has 0 radical (unpaired) electrons. The fraction of sp³-hybridized carbons (Fsp3) is 0.267. The number of aryl methyl sites for hydroxylation is 2. The summed E-state index contributed by atoms with van der Waals surface area (Å²) in [4.78, 5) is 4.40. The normalized spacial score (nSPS) is 12.5. The maximum atomic E-state index is 13.3. The van der Waals surface area contributed by atoms with Gasteiger partial charge in [-0.15, -0.1) is 0 Å². The van der Waals surface area contributed by atoms with Crippen molar-refractivity contribution in [1.29, 1.82) is 0 Å². The van der Waals surface area contributed by atoms with Crippen LogP contribution in [0.5, 0.6) is 0 Å². The summed E-state index contributed by atoms with van der Waals surface area (Å²) in [5.74, 6) is -1.69. The van der Waals surface area contributed by atoms with Crippen molar-refractivity contribution in [2.24, 2.45) is 0 Å². The molecule has 0 saturated heterocycles. The molecule has 0 amide bonds. The first-order valence-electron chi connectivity index (χ1n) is 6.08. The number of hydrogen-bond donors (Lipinski definition) is 1. The van der Waals surface area contributed by atoms with E-state index in [9.17, 15) is 8.78 Å². The second-order valence-corrected chi connectivity index (χ2v) is 4.61. The minimum atomic E-state index is -0.845. The second kappa shape index (κ2) is 5.45. The van der Waals surface area contributed by atoms with Crippen LogP contribution in [0, 0.1) is 25.5 Å². The lowest BCUT2D eigenvalue weighted by molar-refractivity contribution is 0.504. The van der Waals surface area contributed by atoms with Crippen molar-refractivity contribution >= 4 is 0 Å². The Morgan fingerprint density at radius 1 is 1.11 bits per heavy atom. The first-order valence-corrected chi connectivity index (χ1v) is 6.08. The zero-order valence-corrected chi connectivity index (χ0v) is 11.2. The second-order valence-electron chi connectivity index (χ2n) is 4.61. The van der Waals surface area contributed by atoms with E-state index in [1.165, 1.54) is 6.07 Å². The molecule has 1 heterocycles. The predicted molar refractivity (Wildman–Crippen MR) is 71.0 cm³/mol. The molecular weight excluding hydrogens is 246 g/mol. The highest BCUT2D eigenvalue weighted by Gasteiger charge is 2.17. The lowest BCUT2D eigenvalue weighted by atomic mass is 9.99. The van der Waals surface area contributed by atoms with Gasteiger partial charge in [0, 0.05) is 6.20 Å². The molecule has 0 saturated carbocycles. The van der Waals surface area contributed by atoms with E-state index in [-0.39, 0.29) is 6.04 Å². The lowest BCUT2D eigenvalue weighted by Gasteiger charge is -2.18. The van der Waals surface area contributed by atoms with E-state index in [1.807, 2.05) is 19.9 Å². The van der Waals surface area contributed by atoms with Crippen LogP contribution in [0.25, 0.3) is 0 Å². The summed E-state index contributed by atoms with van der Waals surface area (Å²) in [7, 11) is 1.77. The van der Waals surface area contributed by atoms with Gasteiger partial charge in [-0.05, 0) is 49.7 Å². The van der Waals surface area contributed by atoms with E-state index in [2.05, 4.69) is 10.3 Å². The first kappa shape index (κ1) is 13.6. The lowest BCUT2D eigenvalue weighted by Crippen LogP contribution is -2.20. The average molecular weight is 262 g/mol. The highest BCUT2D eigenvalue weighted by molar-refractivity contribution is 5.34. The summed E-state index contributed by atoms with van der Waals surface area (Å²) in [6, 6.07) is 5.68. The Labute approximate surface area is 111 Å². The van der Waals surface area contributed by atoms with Gasteiger partial charge in [0.2, 0.25) is 0 Å². The van der Waals surface area contributed by atoms with Crippen molar-refractivity contribution < 1.29 is 8.78 Å². The van der Waals surface area contributed by atoms with Crippen LogP contribution < -0.4 is 5.32 Å². The first-order chi connectivity index (χ1) is 9.02. The Hall–Kier alpha value is -1.81. The molecule has 1 aromatic carbocycles. The minimum absolute atomic E-state index is 0.254. The minimum Gasteiger partial charge on any atom is -0.308 e. The number of nitrogens with zero attached hydrogens (tertiary/aromatic N) is 1. The summed E-state index contributed by atoms with van der Waals surface area (Å²) in [5.41, 5.74) is 3.56. The Bertz CT molecular complexity index is 597. The van der Waals surface area contributed by atoms with Crippen LogP contribution in [0.3, 0.4) is 0 Å². The standard InChI is InChI=1S/C15H16F2N2/c1-9-6-10(2)14(19-8-9)15(18-3)11-4-5-12(16)13(17)7-11/h4-8,15,18H,1-3H3. The molecule has 2 nitrogen and oxygen atoms in total. The van der Waals surface area contributed by atoms with Crippen LogP contribution in [0.4, 0.5) is 8.78 Å². The zero-order chi connectivity index (χ0) is 14.0. The van der Waals surface area contributed by atoms with Crippen LogP contribution in [0.2, 0.25) is 0 Å². The van der Waals surface area contributed by atoms with Gasteiger partial charge in [-0.25, -0.2) is 8.78 Å². The molecule has 100 valence electrons. The van der Waals surface area contributed by atoms with E-state index in [4.69, 9.17) is 0 Å². The summed E-state index contributed by atoms with van der Waals surface area (Å²) in [5, 5.41) is 3.09. The number of benzene rings is 1. The van der Waals surface area contributed by atoms with Gasteiger partial charge in [0.05, 0.1) is 11.7 Å². The molecule has 2 rings (SSSR count). The van der Waals surface area contributed by atoms with Gasteiger partial charge in [-0.2, -0.15) is 0 Å². The third kappa shape index (κ3) is 2.79. The van der Waals surface area contributed by atoms with Crippen molar-refractivity contribution in [3.63, 3.8) is 0 Å². The molecule has 1 N–H and O–H groups in total. The van der Waals surface area contributed by atoms with Crippen LogP contribution >= 0.6 is 0 Å². The number of nitrogens with one attached hydrogen (secondary N) is 1. The Morgan fingerprint density at radius 3 is 2.42 bits per heavy atom. The maximum Gasteiger partial charge on any atom is 0.159 e. The van der Waals surface area contributed by atoms with Gasteiger partial charge in [0.25, 0.3) is 0 Å². The molecule has 1 aromatic heterocycles. The zero-order valence-electron chi connectivity index (χ0n) is 11.2. The SMILES string of the molecule is CNC(c1ccc(F)c(F)c1)c1ncc(C)cc1C. The van der Waals surface area contributed by atoms with Gasteiger partial charge in [0.1, 0.15) is 0 Å². The molecule has 2 aromatic rings. The largest absolute Gasteiger partial charge is 0.308 e. The van der Waals surface area contributed by atoms with Gasteiger partial charge < -0.3 is 5.32 Å². The summed E-state index contributed by atoms with van der Waals surface area (Å²) >= 11 is 0. The maximum absolute atomic E-state index is 13.3. The van der Waals surface area contributed by atoms with Crippen molar-refractivity contribution in [1.82, 2.24) is 10.3 Å². The van der Waals surface area contributed by atoms with E-state index in [0.29, 0.717) is 5.56 Å². The van der Waals surface area contributed by atoms with Crippen LogP contribution in [-0.4, -0.2) is 12.0 Å². The molecule has 1 unspecified atom stereocenters. The molecule has 0 fully saturated rings. The monoisotopic (exact) mass is 262 g/mol. The average Bonchev–Trinajstić information content (AvgIpc) is 2.37. The predicted octanol–water partition coefficient (Wildman–Crippen LogP) is 3.29. The van der Waals surface area contributed by atoms with Gasteiger partial charge in [-0.1, -0.05) is 12.1 Å². The number of rotatable bonds is 3. The number of hydrogen-bond acceptors (Lipinski definition) is 2. The van der Waals surface area contributed by atoms with Gasteiger partial charge in [-0.3, -0.25) is 4.98 Å². The molecule has 0 aliphatic heterocycles. The van der Waals surface area contributed by atoms with E-state index in [0.717, 1.165) is 22.9 Å². The van der Waals surface area contributed by atoms with Gasteiger partial charge >= 0.3 is 0 Å². The molecule has 19 heavy (non-hydrogen) atoms. The quantitative estimate of drug-likeness (QED) is 0.918. The van der Waals surface area contributed by atoms with E-state index in [1.54, 1.807) is 19.3 Å². The summed E-state index contributed by atoms with van der Waals surface area (Å²) in [6.45, 7) is 3.93. The topological polar surface area (TPSA) is 24.9 Å². The van der Waals surface area contributed by atoms with Crippen LogP contribution in [-0.2, 0) is 0 Å². The van der Waals surface area contributed by atoms with Crippen molar-refractivity contribution in [2.45, 2.75) is 19.9 Å². The summed E-state index contributed by atoms with van der Waals surface area (Å²) in [6.07, 6.45) is 1.77. The van der Waals surface area contributed by atoms with Crippen LogP contribution in [0.15, 0.2) is 30.5 Å². The Kier molecular flexibility index (Phi) is 3.90. The molecule has 0 spiro atoms. The van der Waals surface area contributed by atoms with Gasteiger partial charge in [0.15, 0.2) is 11.6 Å². The molecule has 4 heteroatoms. The third-order valence-electron chi connectivity index (χ3n) is 3.09. The Morgan fingerprint density at radius 2 is 1.84 bits per heavy atom. The molecule has 0 bridgehead atoms. The third-order valence-corrected chi connectivity index (χ3v) is 3.09. The smallest absolute Gasteiger partial charge is 0.159 e. The highest BCUT2D eigenvalue weighted by atomic mass is 19.2. The summed E-state index contributed by atoms with van der Waals surface area (Å²) < 4.78 is 26.3. The van der Waals surface area contributed by atoms with Crippen molar-refractivity contribution in [2.75, 3.05) is 7.05 Å². The number of halogens is 2. The fourth-order valence-electron chi connectivity index (χ4n) is 2.18. The van der Waals surface area contributed by atoms with E-state index < -0.39 is 11.6 Å². The number of pyridine rings is 1. The van der Waals surface area contributed by atoms with Crippen molar-refractivity contribution in [3.8, 4) is 0 Å². The number of aromatic nitrogens is 1. The highest BCUT2D eigenvalue weighted by Crippen LogP contribution is 2.24. The van der Waals surface area contributed by atoms with E-state index >= 15 is 0 Å². The van der Waals surface area contributed by atoms with Crippen LogP contribution in [0.1, 0.15) is 28.4 Å². The fourth-order valence-corrected chi connectivity index (χ4v) is 2.18. The molecule has 1 atom stereocenters. The molecular formula is C15H16F2N2. The molecule has 0 aliphatic carbocycles. The Balaban J connectivity index is 2.46. The van der Waals surface area contributed by atoms with Crippen molar-refractivity contribution in [3.05, 3.63) is 64.5 Å².